The number of aliphatic hydroxyl groups excluding tert-OH is 1. The van der Waals surface area contributed by atoms with E-state index in [1.54, 1.807) is 21.0 Å². The number of likely N-dealkylation sites (N-methyl/N-ethyl adjacent to an activating group) is 1. The molecule has 0 unspecified atom stereocenters. The van der Waals surface area contributed by atoms with Crippen LogP contribution >= 0.6 is 0 Å². The molecule has 0 aliphatic heterocycles. The first-order valence-electron chi connectivity index (χ1n) is 3.63. The Morgan fingerprint density at radius 3 is 2.55 bits per heavy atom. The zero-order valence-corrected chi connectivity index (χ0v) is 7.29. The lowest BCUT2D eigenvalue weighted by Gasteiger charge is -2.11. The number of hydrogen-bond acceptors (Lipinski definition) is 3. The number of rotatable bonds is 4. The van der Waals surface area contributed by atoms with Crippen LogP contribution in [0.25, 0.3) is 0 Å². The standard InChI is InChI=1S/C7H16N2O2/c1-6(10)4-8-5-7(11)9(2)3/h6,8,10H,4-5H2,1-3H3/t6-/m0/s1. The highest BCUT2D eigenvalue weighted by atomic mass is 16.3. The van der Waals surface area contributed by atoms with Crippen LogP contribution in [-0.2, 0) is 4.79 Å². The van der Waals surface area contributed by atoms with Gasteiger partial charge in [-0.05, 0) is 6.92 Å². The maximum Gasteiger partial charge on any atom is 0.236 e. The summed E-state index contributed by atoms with van der Waals surface area (Å²) >= 11 is 0. The quantitative estimate of drug-likeness (QED) is 0.557. The van der Waals surface area contributed by atoms with E-state index in [9.17, 15) is 4.79 Å². The van der Waals surface area contributed by atoms with Gasteiger partial charge in [0, 0.05) is 20.6 Å². The SMILES string of the molecule is C[C@H](O)CNCC(=O)N(C)C. The van der Waals surface area contributed by atoms with E-state index in [2.05, 4.69) is 5.32 Å². The van der Waals surface area contributed by atoms with Crippen molar-refractivity contribution in [3.63, 3.8) is 0 Å². The Bertz CT molecular complexity index is 124. The first-order chi connectivity index (χ1) is 5.04. The number of amides is 1. The van der Waals surface area contributed by atoms with E-state index in [-0.39, 0.29) is 12.5 Å². The van der Waals surface area contributed by atoms with Crippen LogP contribution in [0.5, 0.6) is 0 Å². The minimum atomic E-state index is -0.398. The summed E-state index contributed by atoms with van der Waals surface area (Å²) in [5.74, 6) is 0.0191. The molecular formula is C7H16N2O2. The number of aliphatic hydroxyl groups is 1. The molecule has 66 valence electrons. The Hall–Kier alpha value is -0.610. The third-order valence-corrected chi connectivity index (χ3v) is 1.21. The fourth-order valence-corrected chi connectivity index (χ4v) is 0.546. The highest BCUT2D eigenvalue weighted by Gasteiger charge is 2.02. The summed E-state index contributed by atoms with van der Waals surface area (Å²) in [5, 5.41) is 11.6. The predicted octanol–water partition coefficient (Wildman–Crippen LogP) is -0.955. The maximum atomic E-state index is 10.9. The molecule has 0 fully saturated rings. The molecule has 0 spiro atoms. The van der Waals surface area contributed by atoms with Crippen molar-refractivity contribution in [1.29, 1.82) is 0 Å². The highest BCUT2D eigenvalue weighted by molar-refractivity contribution is 5.77. The average molecular weight is 160 g/mol. The van der Waals surface area contributed by atoms with Gasteiger partial charge < -0.3 is 15.3 Å². The van der Waals surface area contributed by atoms with Crippen molar-refractivity contribution in [1.82, 2.24) is 10.2 Å². The van der Waals surface area contributed by atoms with Crippen LogP contribution in [0.1, 0.15) is 6.92 Å². The smallest absolute Gasteiger partial charge is 0.236 e. The Labute approximate surface area is 67.2 Å². The predicted molar refractivity (Wildman–Crippen MR) is 43.2 cm³/mol. The normalized spacial score (nSPS) is 12.7. The van der Waals surface area contributed by atoms with Crippen molar-refractivity contribution in [2.24, 2.45) is 0 Å². The molecule has 4 heteroatoms. The molecule has 2 N–H and O–H groups in total. The molecule has 0 rings (SSSR count). The largest absolute Gasteiger partial charge is 0.392 e. The van der Waals surface area contributed by atoms with Crippen molar-refractivity contribution in [3.8, 4) is 0 Å². The molecule has 1 atom stereocenters. The Morgan fingerprint density at radius 1 is 1.64 bits per heavy atom. The minimum Gasteiger partial charge on any atom is -0.392 e. The van der Waals surface area contributed by atoms with E-state index >= 15 is 0 Å². The second-order valence-electron chi connectivity index (χ2n) is 2.77. The van der Waals surface area contributed by atoms with E-state index in [1.807, 2.05) is 0 Å². The average Bonchev–Trinajstić information content (AvgIpc) is 1.86. The molecule has 0 aliphatic carbocycles. The third-order valence-electron chi connectivity index (χ3n) is 1.21. The molecule has 0 radical (unpaired) electrons. The molecule has 0 heterocycles. The molecule has 0 aromatic carbocycles. The molecule has 0 saturated heterocycles. The molecule has 1 amide bonds. The summed E-state index contributed by atoms with van der Waals surface area (Å²) in [4.78, 5) is 12.4. The van der Waals surface area contributed by atoms with Crippen LogP contribution in [-0.4, -0.2) is 49.2 Å². The van der Waals surface area contributed by atoms with Crippen molar-refractivity contribution >= 4 is 5.91 Å². The number of hydrogen-bond donors (Lipinski definition) is 2. The van der Waals surface area contributed by atoms with E-state index in [4.69, 9.17) is 5.11 Å². The van der Waals surface area contributed by atoms with Crippen LogP contribution in [0, 0.1) is 0 Å². The summed E-state index contributed by atoms with van der Waals surface area (Å²) in [6.45, 7) is 2.42. The molecule has 11 heavy (non-hydrogen) atoms. The second kappa shape index (κ2) is 5.09. The van der Waals surface area contributed by atoms with E-state index < -0.39 is 6.10 Å². The maximum absolute atomic E-state index is 10.9. The monoisotopic (exact) mass is 160 g/mol. The van der Waals surface area contributed by atoms with Crippen molar-refractivity contribution in [2.45, 2.75) is 13.0 Å². The summed E-state index contributed by atoms with van der Waals surface area (Å²) in [7, 11) is 3.40. The first-order valence-corrected chi connectivity index (χ1v) is 3.63. The van der Waals surface area contributed by atoms with Crippen LogP contribution in [0.15, 0.2) is 0 Å². The molecule has 0 aromatic heterocycles. The van der Waals surface area contributed by atoms with Crippen LogP contribution in [0.4, 0.5) is 0 Å². The fraction of sp³-hybridized carbons (Fsp3) is 0.857. The van der Waals surface area contributed by atoms with E-state index in [1.165, 1.54) is 4.90 Å². The van der Waals surface area contributed by atoms with Gasteiger partial charge in [-0.25, -0.2) is 0 Å². The Balaban J connectivity index is 3.32. The zero-order valence-electron chi connectivity index (χ0n) is 7.29. The number of nitrogens with zero attached hydrogens (tertiary/aromatic N) is 1. The molecular weight excluding hydrogens is 144 g/mol. The number of carbonyl (C=O) groups excluding carboxylic acids is 1. The van der Waals surface area contributed by atoms with Crippen molar-refractivity contribution < 1.29 is 9.90 Å². The molecule has 0 aliphatic rings. The van der Waals surface area contributed by atoms with E-state index in [0.29, 0.717) is 6.54 Å². The Kier molecular flexibility index (Phi) is 4.81. The van der Waals surface area contributed by atoms with Crippen molar-refractivity contribution in [2.75, 3.05) is 27.2 Å². The van der Waals surface area contributed by atoms with Gasteiger partial charge in [0.05, 0.1) is 12.6 Å². The highest BCUT2D eigenvalue weighted by Crippen LogP contribution is 1.77. The zero-order chi connectivity index (χ0) is 8.85. The van der Waals surface area contributed by atoms with Gasteiger partial charge in [-0.3, -0.25) is 4.79 Å². The van der Waals surface area contributed by atoms with Gasteiger partial charge in [-0.2, -0.15) is 0 Å². The molecule has 0 aromatic rings. The second-order valence-corrected chi connectivity index (χ2v) is 2.77. The van der Waals surface area contributed by atoms with Crippen molar-refractivity contribution in [3.05, 3.63) is 0 Å². The lowest BCUT2D eigenvalue weighted by atomic mass is 10.4. The first kappa shape index (κ1) is 10.4. The molecule has 4 nitrogen and oxygen atoms in total. The van der Waals surface area contributed by atoms with E-state index in [0.717, 1.165) is 0 Å². The summed E-state index contributed by atoms with van der Waals surface area (Å²) in [6.07, 6.45) is -0.398. The topological polar surface area (TPSA) is 52.6 Å². The Morgan fingerprint density at radius 2 is 2.18 bits per heavy atom. The summed E-state index contributed by atoms with van der Waals surface area (Å²) in [6, 6.07) is 0. The van der Waals surface area contributed by atoms with Gasteiger partial charge in [-0.15, -0.1) is 0 Å². The third kappa shape index (κ3) is 5.82. The van der Waals surface area contributed by atoms with Gasteiger partial charge in [0.15, 0.2) is 0 Å². The fourth-order valence-electron chi connectivity index (χ4n) is 0.546. The summed E-state index contributed by atoms with van der Waals surface area (Å²) < 4.78 is 0. The number of nitrogens with one attached hydrogen (secondary N) is 1. The summed E-state index contributed by atoms with van der Waals surface area (Å²) in [5.41, 5.74) is 0. The molecule has 0 bridgehead atoms. The van der Waals surface area contributed by atoms with Gasteiger partial charge in [0.25, 0.3) is 0 Å². The molecule has 0 saturated carbocycles. The van der Waals surface area contributed by atoms with Gasteiger partial charge in [-0.1, -0.05) is 0 Å². The number of carbonyl (C=O) groups is 1. The lowest BCUT2D eigenvalue weighted by Crippen LogP contribution is -2.35. The van der Waals surface area contributed by atoms with Crippen LogP contribution in [0.3, 0.4) is 0 Å². The van der Waals surface area contributed by atoms with Crippen LogP contribution < -0.4 is 5.32 Å². The van der Waals surface area contributed by atoms with Gasteiger partial charge in [0.2, 0.25) is 5.91 Å². The minimum absolute atomic E-state index is 0.0191. The van der Waals surface area contributed by atoms with Gasteiger partial charge in [0.1, 0.15) is 0 Å². The lowest BCUT2D eigenvalue weighted by molar-refractivity contribution is -0.127. The van der Waals surface area contributed by atoms with Crippen LogP contribution in [0.2, 0.25) is 0 Å². The van der Waals surface area contributed by atoms with Gasteiger partial charge >= 0.3 is 0 Å².